The predicted molar refractivity (Wildman–Crippen MR) is 98.8 cm³/mol. The van der Waals surface area contributed by atoms with Gasteiger partial charge in [0.2, 0.25) is 5.91 Å². The molecule has 0 radical (unpaired) electrons. The molecule has 0 aliphatic carbocycles. The Morgan fingerprint density at radius 3 is 2.39 bits per heavy atom. The number of ether oxygens (including phenoxy) is 2. The summed E-state index contributed by atoms with van der Waals surface area (Å²) in [5.74, 6) is 0.0344. The second-order valence-electron chi connectivity index (χ2n) is 5.73. The van der Waals surface area contributed by atoms with Gasteiger partial charge in [-0.3, -0.25) is 9.63 Å². The van der Waals surface area contributed by atoms with Crippen LogP contribution in [0.2, 0.25) is 0 Å². The third-order valence-electron chi connectivity index (χ3n) is 3.78. The van der Waals surface area contributed by atoms with Crippen molar-refractivity contribution in [2.24, 2.45) is 0 Å². The number of sulfonamides is 1. The highest BCUT2D eigenvalue weighted by molar-refractivity contribution is 7.89. The van der Waals surface area contributed by atoms with Crippen LogP contribution in [0.25, 0.3) is 0 Å². The third kappa shape index (κ3) is 5.65. The normalized spacial score (nSPS) is 12.3. The molecular formula is C18H21FN2O6S. The summed E-state index contributed by atoms with van der Waals surface area (Å²) in [5, 5.41) is 2.67. The monoisotopic (exact) mass is 412 g/mol. The van der Waals surface area contributed by atoms with Gasteiger partial charge in [0.1, 0.15) is 23.9 Å². The van der Waals surface area contributed by atoms with Crippen LogP contribution in [0.1, 0.15) is 18.5 Å². The lowest BCUT2D eigenvalue weighted by Crippen LogP contribution is -2.34. The number of carbonyl (C=O) groups is 1. The average molecular weight is 412 g/mol. The second-order valence-corrected chi connectivity index (χ2v) is 7.37. The molecule has 2 rings (SSSR count). The maximum Gasteiger partial charge on any atom is 0.262 e. The molecule has 2 N–H and O–H groups in total. The lowest BCUT2D eigenvalue weighted by molar-refractivity contribution is -0.127. The van der Waals surface area contributed by atoms with Crippen molar-refractivity contribution in [2.75, 3.05) is 20.8 Å². The lowest BCUT2D eigenvalue weighted by atomic mass is 10.1. The van der Waals surface area contributed by atoms with E-state index in [-0.39, 0.29) is 4.90 Å². The molecule has 1 amide bonds. The highest BCUT2D eigenvalue weighted by Gasteiger charge is 2.18. The predicted octanol–water partition coefficient (Wildman–Crippen LogP) is 1.93. The van der Waals surface area contributed by atoms with E-state index in [0.29, 0.717) is 17.1 Å². The fourth-order valence-corrected chi connectivity index (χ4v) is 3.18. The van der Waals surface area contributed by atoms with E-state index in [0.717, 1.165) is 24.3 Å². The summed E-state index contributed by atoms with van der Waals surface area (Å²) in [6, 6.07) is 8.89. The van der Waals surface area contributed by atoms with Crippen LogP contribution in [0.4, 0.5) is 4.39 Å². The number of rotatable bonds is 9. The topological polar surface area (TPSA) is 103 Å². The van der Waals surface area contributed by atoms with E-state index in [9.17, 15) is 17.6 Å². The number of halogens is 1. The molecule has 8 nitrogen and oxygen atoms in total. The maximum atomic E-state index is 12.9. The Kier molecular flexibility index (Phi) is 7.32. The van der Waals surface area contributed by atoms with E-state index >= 15 is 0 Å². The molecule has 152 valence electrons. The van der Waals surface area contributed by atoms with E-state index in [4.69, 9.17) is 14.3 Å². The van der Waals surface area contributed by atoms with E-state index in [1.165, 1.54) is 14.2 Å². The first-order valence-electron chi connectivity index (χ1n) is 8.17. The fraction of sp³-hybridized carbons (Fsp3) is 0.278. The van der Waals surface area contributed by atoms with Crippen molar-refractivity contribution in [3.05, 3.63) is 53.8 Å². The Hall–Kier alpha value is -2.69. The fourth-order valence-electron chi connectivity index (χ4n) is 2.37. The van der Waals surface area contributed by atoms with Crippen molar-refractivity contribution in [3.63, 3.8) is 0 Å². The molecule has 0 unspecified atom stereocenters. The molecule has 0 bridgehead atoms. The standard InChI is InChI=1S/C18H21FN2O6S/c1-12(16-10-14(25-2)6-9-17(16)26-3)20-18(22)11-27-21-28(23,24)15-7-4-13(19)5-8-15/h4-10,12,21H,11H2,1-3H3,(H,20,22)/t12-/m0/s1. The molecule has 0 saturated carbocycles. The molecule has 0 aliphatic rings. The Morgan fingerprint density at radius 2 is 1.79 bits per heavy atom. The van der Waals surface area contributed by atoms with Gasteiger partial charge in [-0.1, -0.05) is 4.89 Å². The van der Waals surface area contributed by atoms with E-state index in [1.54, 1.807) is 25.1 Å². The largest absolute Gasteiger partial charge is 0.497 e. The van der Waals surface area contributed by atoms with Crippen molar-refractivity contribution in [1.82, 2.24) is 10.2 Å². The highest BCUT2D eigenvalue weighted by atomic mass is 32.2. The Morgan fingerprint density at radius 1 is 1.11 bits per heavy atom. The van der Waals surface area contributed by atoms with Crippen molar-refractivity contribution >= 4 is 15.9 Å². The summed E-state index contributed by atoms with van der Waals surface area (Å²) in [5.41, 5.74) is 0.682. The van der Waals surface area contributed by atoms with Crippen LogP contribution in [0.5, 0.6) is 11.5 Å². The number of carbonyl (C=O) groups excluding carboxylic acids is 1. The van der Waals surface area contributed by atoms with E-state index < -0.39 is 34.4 Å². The smallest absolute Gasteiger partial charge is 0.262 e. The van der Waals surface area contributed by atoms with Crippen LogP contribution in [-0.4, -0.2) is 35.2 Å². The van der Waals surface area contributed by atoms with Gasteiger partial charge in [0.25, 0.3) is 10.0 Å². The molecule has 28 heavy (non-hydrogen) atoms. The molecule has 0 aliphatic heterocycles. The van der Waals surface area contributed by atoms with Crippen molar-refractivity contribution < 1.29 is 31.9 Å². The maximum absolute atomic E-state index is 12.9. The number of hydrogen-bond donors (Lipinski definition) is 2. The highest BCUT2D eigenvalue weighted by Crippen LogP contribution is 2.29. The van der Waals surface area contributed by atoms with Crippen LogP contribution < -0.4 is 19.7 Å². The molecular weight excluding hydrogens is 391 g/mol. The number of benzene rings is 2. The molecule has 0 saturated heterocycles. The Labute approximate surface area is 162 Å². The van der Waals surface area contributed by atoms with Crippen LogP contribution in [0.3, 0.4) is 0 Å². The van der Waals surface area contributed by atoms with Crippen LogP contribution in [0.15, 0.2) is 47.4 Å². The first-order chi connectivity index (χ1) is 13.3. The van der Waals surface area contributed by atoms with E-state index in [1.807, 2.05) is 4.89 Å². The third-order valence-corrected chi connectivity index (χ3v) is 5.01. The zero-order chi connectivity index (χ0) is 20.7. The van der Waals surface area contributed by atoms with E-state index in [2.05, 4.69) is 5.32 Å². The number of amides is 1. The summed E-state index contributed by atoms with van der Waals surface area (Å²) >= 11 is 0. The van der Waals surface area contributed by atoms with Gasteiger partial charge >= 0.3 is 0 Å². The summed E-state index contributed by atoms with van der Waals surface area (Å²) in [4.78, 5) is 18.5. The van der Waals surface area contributed by atoms with Gasteiger partial charge in [-0.15, -0.1) is 0 Å². The zero-order valence-corrected chi connectivity index (χ0v) is 16.4. The van der Waals surface area contributed by atoms with Crippen LogP contribution in [-0.2, 0) is 19.7 Å². The molecule has 0 fully saturated rings. The van der Waals surface area contributed by atoms with Gasteiger partial charge in [-0.2, -0.15) is 0 Å². The number of methoxy groups -OCH3 is 2. The SMILES string of the molecule is COc1ccc(OC)c([C@H](C)NC(=O)CONS(=O)(=O)c2ccc(F)cc2)c1. The van der Waals surface area contributed by atoms with Crippen LogP contribution in [0, 0.1) is 5.82 Å². The molecule has 2 aromatic carbocycles. The van der Waals surface area contributed by atoms with Gasteiger partial charge in [0.15, 0.2) is 0 Å². The molecule has 2 aromatic rings. The lowest BCUT2D eigenvalue weighted by Gasteiger charge is -2.18. The minimum Gasteiger partial charge on any atom is -0.497 e. The molecule has 0 heterocycles. The molecule has 10 heteroatoms. The molecule has 0 spiro atoms. The van der Waals surface area contributed by atoms with Gasteiger partial charge in [0.05, 0.1) is 25.2 Å². The van der Waals surface area contributed by atoms with Crippen molar-refractivity contribution in [2.45, 2.75) is 17.9 Å². The summed E-state index contributed by atoms with van der Waals surface area (Å²) < 4.78 is 47.3. The second kappa shape index (κ2) is 9.49. The number of hydrogen-bond acceptors (Lipinski definition) is 6. The van der Waals surface area contributed by atoms with Gasteiger partial charge in [-0.25, -0.2) is 12.8 Å². The van der Waals surface area contributed by atoms with Crippen molar-refractivity contribution in [1.29, 1.82) is 0 Å². The first-order valence-corrected chi connectivity index (χ1v) is 9.65. The Balaban J connectivity index is 1.93. The van der Waals surface area contributed by atoms with Crippen LogP contribution >= 0.6 is 0 Å². The van der Waals surface area contributed by atoms with Gasteiger partial charge < -0.3 is 14.8 Å². The first kappa shape index (κ1) is 21.6. The summed E-state index contributed by atoms with van der Waals surface area (Å²) in [7, 11) is -0.998. The minimum absolute atomic E-state index is 0.191. The van der Waals surface area contributed by atoms with Gasteiger partial charge in [-0.05, 0) is 49.4 Å². The Bertz CT molecular complexity index is 918. The summed E-state index contributed by atoms with van der Waals surface area (Å²) in [6.07, 6.45) is 0. The molecule has 0 aromatic heterocycles. The minimum atomic E-state index is -4.03. The summed E-state index contributed by atoms with van der Waals surface area (Å²) in [6.45, 7) is 1.18. The van der Waals surface area contributed by atoms with Crippen molar-refractivity contribution in [3.8, 4) is 11.5 Å². The van der Waals surface area contributed by atoms with Gasteiger partial charge in [0, 0.05) is 5.56 Å². The zero-order valence-electron chi connectivity index (χ0n) is 15.6. The number of nitrogens with one attached hydrogen (secondary N) is 2. The quantitative estimate of drug-likeness (QED) is 0.610. The molecule has 1 atom stereocenters. The average Bonchev–Trinajstić information content (AvgIpc) is 2.67.